The van der Waals surface area contributed by atoms with Crippen molar-refractivity contribution in [3.05, 3.63) is 69.7 Å². The molecule has 0 aliphatic heterocycles. The number of rotatable bonds is 6. The molecule has 2 rings (SSSR count). The Balaban J connectivity index is 2.16. The highest BCUT2D eigenvalue weighted by Gasteiger charge is 2.08. The third-order valence-corrected chi connectivity index (χ3v) is 3.64. The van der Waals surface area contributed by atoms with Gasteiger partial charge in [-0.3, -0.25) is 4.79 Å². The molecule has 0 bridgehead atoms. The number of carbonyl (C=O) groups excluding carboxylic acids is 1. The van der Waals surface area contributed by atoms with Crippen molar-refractivity contribution < 1.29 is 14.3 Å². The molecule has 0 saturated carbocycles. The third kappa shape index (κ3) is 4.55. The molecule has 0 amide bonds. The Kier molecular flexibility index (Phi) is 5.92. The molecule has 0 fully saturated rings. The first kappa shape index (κ1) is 16.5. The summed E-state index contributed by atoms with van der Waals surface area (Å²) in [6, 6.07) is 13.2. The molecule has 114 valence electrons. The summed E-state index contributed by atoms with van der Waals surface area (Å²) in [5, 5.41) is 0. The van der Waals surface area contributed by atoms with Crippen LogP contribution in [0.4, 0.5) is 0 Å². The van der Waals surface area contributed by atoms with Crippen molar-refractivity contribution in [2.75, 3.05) is 13.9 Å². The Hall–Kier alpha value is -1.91. The van der Waals surface area contributed by atoms with Crippen LogP contribution in [-0.4, -0.2) is 19.7 Å². The van der Waals surface area contributed by atoms with Crippen LogP contribution in [0.3, 0.4) is 0 Å². The quantitative estimate of drug-likeness (QED) is 0.427. The minimum absolute atomic E-state index is 0.0525. The SMILES string of the molecule is COCOc1ccc(C)c(C(=O)/C=C/c2ccc(Br)cc2)c1. The molecular formula is C18H17BrO3. The fourth-order valence-electron chi connectivity index (χ4n) is 1.92. The Labute approximate surface area is 138 Å². The first-order chi connectivity index (χ1) is 10.6. The van der Waals surface area contributed by atoms with Crippen LogP contribution in [0, 0.1) is 6.92 Å². The number of ketones is 1. The molecular weight excluding hydrogens is 344 g/mol. The maximum atomic E-state index is 12.3. The minimum atomic E-state index is -0.0525. The van der Waals surface area contributed by atoms with Crippen LogP contribution in [0.5, 0.6) is 5.75 Å². The Morgan fingerprint density at radius 1 is 1.18 bits per heavy atom. The maximum Gasteiger partial charge on any atom is 0.188 e. The standard InChI is InChI=1S/C18H17BrO3/c1-13-3-9-16(22-12-21-2)11-17(13)18(20)10-6-14-4-7-15(19)8-5-14/h3-11H,12H2,1-2H3/b10-6+. The summed E-state index contributed by atoms with van der Waals surface area (Å²) in [7, 11) is 1.56. The van der Waals surface area contributed by atoms with E-state index >= 15 is 0 Å². The first-order valence-electron chi connectivity index (χ1n) is 6.80. The number of halogens is 1. The number of methoxy groups -OCH3 is 1. The summed E-state index contributed by atoms with van der Waals surface area (Å²) in [6.07, 6.45) is 3.38. The zero-order chi connectivity index (χ0) is 15.9. The van der Waals surface area contributed by atoms with Gasteiger partial charge in [0, 0.05) is 17.1 Å². The maximum absolute atomic E-state index is 12.3. The smallest absolute Gasteiger partial charge is 0.188 e. The van der Waals surface area contributed by atoms with Gasteiger partial charge in [-0.15, -0.1) is 0 Å². The molecule has 22 heavy (non-hydrogen) atoms. The first-order valence-corrected chi connectivity index (χ1v) is 7.60. The van der Waals surface area contributed by atoms with Crippen LogP contribution in [0.2, 0.25) is 0 Å². The number of benzene rings is 2. The largest absolute Gasteiger partial charge is 0.468 e. The van der Waals surface area contributed by atoms with Gasteiger partial charge in [-0.1, -0.05) is 40.2 Å². The molecule has 2 aromatic rings. The molecule has 0 radical (unpaired) electrons. The molecule has 0 aromatic heterocycles. The van der Waals surface area contributed by atoms with Gasteiger partial charge in [0.15, 0.2) is 12.6 Å². The van der Waals surface area contributed by atoms with Crippen molar-refractivity contribution in [1.29, 1.82) is 0 Å². The van der Waals surface area contributed by atoms with E-state index in [1.54, 1.807) is 25.3 Å². The lowest BCUT2D eigenvalue weighted by Crippen LogP contribution is -2.02. The van der Waals surface area contributed by atoms with Crippen molar-refractivity contribution in [2.45, 2.75) is 6.92 Å². The summed E-state index contributed by atoms with van der Waals surface area (Å²) >= 11 is 3.39. The van der Waals surface area contributed by atoms with Crippen molar-refractivity contribution in [1.82, 2.24) is 0 Å². The average Bonchev–Trinajstić information content (AvgIpc) is 2.53. The highest BCUT2D eigenvalue weighted by Crippen LogP contribution is 2.19. The van der Waals surface area contributed by atoms with Gasteiger partial charge in [0.05, 0.1) is 0 Å². The number of ether oxygens (including phenoxy) is 2. The molecule has 0 saturated heterocycles. The van der Waals surface area contributed by atoms with Gasteiger partial charge in [0.25, 0.3) is 0 Å². The third-order valence-electron chi connectivity index (χ3n) is 3.12. The number of aryl methyl sites for hydroxylation is 1. The van der Waals surface area contributed by atoms with Gasteiger partial charge in [-0.2, -0.15) is 0 Å². The van der Waals surface area contributed by atoms with Crippen LogP contribution in [-0.2, 0) is 4.74 Å². The fraction of sp³-hybridized carbons (Fsp3) is 0.167. The van der Waals surface area contributed by atoms with Gasteiger partial charge >= 0.3 is 0 Å². The van der Waals surface area contributed by atoms with Crippen LogP contribution in [0.15, 0.2) is 53.0 Å². The van der Waals surface area contributed by atoms with Gasteiger partial charge in [0.2, 0.25) is 0 Å². The molecule has 0 N–H and O–H groups in total. The van der Waals surface area contributed by atoms with E-state index in [1.165, 1.54) is 0 Å². The van der Waals surface area contributed by atoms with E-state index in [0.717, 1.165) is 15.6 Å². The molecule has 0 aliphatic carbocycles. The normalized spacial score (nSPS) is 10.9. The van der Waals surface area contributed by atoms with Crippen molar-refractivity contribution in [3.63, 3.8) is 0 Å². The predicted molar refractivity (Wildman–Crippen MR) is 91.2 cm³/mol. The Morgan fingerprint density at radius 2 is 1.91 bits per heavy atom. The number of hydrogen-bond donors (Lipinski definition) is 0. The summed E-state index contributed by atoms with van der Waals surface area (Å²) in [5.74, 6) is 0.566. The highest BCUT2D eigenvalue weighted by molar-refractivity contribution is 9.10. The Bertz CT molecular complexity index is 675. The lowest BCUT2D eigenvalue weighted by Gasteiger charge is -2.08. The predicted octanol–water partition coefficient (Wildman–Crippen LogP) is 4.64. The van der Waals surface area contributed by atoms with Gasteiger partial charge in [-0.05, 0) is 48.4 Å². The van der Waals surface area contributed by atoms with Crippen molar-refractivity contribution in [2.24, 2.45) is 0 Å². The van der Waals surface area contributed by atoms with E-state index < -0.39 is 0 Å². The number of carbonyl (C=O) groups is 1. The number of hydrogen-bond acceptors (Lipinski definition) is 3. The summed E-state index contributed by atoms with van der Waals surface area (Å²) in [5.41, 5.74) is 2.51. The molecule has 0 unspecified atom stereocenters. The molecule has 2 aromatic carbocycles. The second-order valence-electron chi connectivity index (χ2n) is 4.78. The van der Waals surface area contributed by atoms with E-state index in [1.807, 2.05) is 43.3 Å². The van der Waals surface area contributed by atoms with E-state index in [2.05, 4.69) is 15.9 Å². The zero-order valence-corrected chi connectivity index (χ0v) is 14.1. The second kappa shape index (κ2) is 7.92. The molecule has 0 aliphatic rings. The van der Waals surface area contributed by atoms with Crippen LogP contribution in [0.1, 0.15) is 21.5 Å². The lowest BCUT2D eigenvalue weighted by molar-refractivity contribution is 0.0510. The Morgan fingerprint density at radius 3 is 2.59 bits per heavy atom. The fourth-order valence-corrected chi connectivity index (χ4v) is 2.18. The van der Waals surface area contributed by atoms with Gasteiger partial charge in [-0.25, -0.2) is 0 Å². The van der Waals surface area contributed by atoms with Crippen molar-refractivity contribution >= 4 is 27.8 Å². The molecule has 0 spiro atoms. The monoisotopic (exact) mass is 360 g/mol. The van der Waals surface area contributed by atoms with Gasteiger partial charge < -0.3 is 9.47 Å². The summed E-state index contributed by atoms with van der Waals surface area (Å²) in [6.45, 7) is 2.06. The zero-order valence-electron chi connectivity index (χ0n) is 12.5. The summed E-state index contributed by atoms with van der Waals surface area (Å²) < 4.78 is 11.2. The van der Waals surface area contributed by atoms with Crippen molar-refractivity contribution in [3.8, 4) is 5.75 Å². The number of allylic oxidation sites excluding steroid dienone is 1. The van der Waals surface area contributed by atoms with Gasteiger partial charge in [0.1, 0.15) is 5.75 Å². The molecule has 4 heteroatoms. The lowest BCUT2D eigenvalue weighted by atomic mass is 10.0. The molecule has 0 atom stereocenters. The molecule has 3 nitrogen and oxygen atoms in total. The van der Waals surface area contributed by atoms with E-state index in [9.17, 15) is 4.79 Å². The average molecular weight is 361 g/mol. The summed E-state index contributed by atoms with van der Waals surface area (Å²) in [4.78, 5) is 12.3. The van der Waals surface area contributed by atoms with Crippen LogP contribution >= 0.6 is 15.9 Å². The van der Waals surface area contributed by atoms with Crippen LogP contribution in [0.25, 0.3) is 6.08 Å². The van der Waals surface area contributed by atoms with E-state index in [4.69, 9.17) is 9.47 Å². The minimum Gasteiger partial charge on any atom is -0.468 e. The second-order valence-corrected chi connectivity index (χ2v) is 5.69. The van der Waals surface area contributed by atoms with E-state index in [0.29, 0.717) is 11.3 Å². The highest BCUT2D eigenvalue weighted by atomic mass is 79.9. The molecule has 0 heterocycles. The topological polar surface area (TPSA) is 35.5 Å². The van der Waals surface area contributed by atoms with E-state index in [-0.39, 0.29) is 12.6 Å². The van der Waals surface area contributed by atoms with Crippen LogP contribution < -0.4 is 4.74 Å².